The topological polar surface area (TPSA) is 29.5 Å². The molecule has 3 heterocycles. The Balaban J connectivity index is 1.66. The maximum absolute atomic E-state index is 12.3. The number of nitrogens with zero attached hydrogens (tertiary/aromatic N) is 1. The molecular formula is C14H19NO2S. The van der Waals surface area contributed by atoms with E-state index < -0.39 is 0 Å². The van der Waals surface area contributed by atoms with Crippen molar-refractivity contribution >= 4 is 17.1 Å². The Morgan fingerprint density at radius 1 is 1.39 bits per heavy atom. The van der Waals surface area contributed by atoms with Gasteiger partial charge < -0.3 is 4.74 Å². The maximum Gasteiger partial charge on any atom is 0.177 e. The molecule has 1 aromatic rings. The molecule has 0 spiro atoms. The number of rotatable bonds is 3. The fraction of sp³-hybridized carbons (Fsp3) is 0.643. The second-order valence-electron chi connectivity index (χ2n) is 5.40. The Bertz CT molecular complexity index is 456. The summed E-state index contributed by atoms with van der Waals surface area (Å²) in [6.45, 7) is 6.49. The van der Waals surface area contributed by atoms with Crippen LogP contribution in [0.4, 0.5) is 0 Å². The first-order valence-electron chi connectivity index (χ1n) is 6.60. The third kappa shape index (κ3) is 2.37. The largest absolute Gasteiger partial charge is 0.372 e. The number of fused-ring (bicyclic) bond motifs is 2. The van der Waals surface area contributed by atoms with E-state index in [9.17, 15) is 4.79 Å². The minimum atomic E-state index is 0.262. The van der Waals surface area contributed by atoms with Gasteiger partial charge in [-0.1, -0.05) is 0 Å². The van der Waals surface area contributed by atoms with Crippen LogP contribution in [-0.2, 0) is 4.74 Å². The molecule has 3 nitrogen and oxygen atoms in total. The van der Waals surface area contributed by atoms with Crippen molar-refractivity contribution in [2.75, 3.05) is 19.6 Å². The molecule has 1 aromatic heterocycles. The van der Waals surface area contributed by atoms with E-state index in [1.807, 2.05) is 13.0 Å². The van der Waals surface area contributed by atoms with Gasteiger partial charge >= 0.3 is 0 Å². The first-order valence-corrected chi connectivity index (χ1v) is 7.41. The summed E-state index contributed by atoms with van der Waals surface area (Å²) in [5, 5.41) is 0. The van der Waals surface area contributed by atoms with Crippen molar-refractivity contribution in [3.8, 4) is 0 Å². The summed E-state index contributed by atoms with van der Waals surface area (Å²) in [6.07, 6.45) is 3.04. The number of hydrogen-bond donors (Lipinski definition) is 0. The highest BCUT2D eigenvalue weighted by Crippen LogP contribution is 2.27. The quantitative estimate of drug-likeness (QED) is 0.786. The van der Waals surface area contributed by atoms with Crippen LogP contribution in [0.3, 0.4) is 0 Å². The molecule has 18 heavy (non-hydrogen) atoms. The molecule has 2 unspecified atom stereocenters. The molecule has 0 aliphatic carbocycles. The number of aryl methyl sites for hydroxylation is 2. The number of ketones is 1. The number of morpholine rings is 1. The number of carbonyl (C=O) groups is 1. The number of carbonyl (C=O) groups excluding carboxylic acids is 1. The van der Waals surface area contributed by atoms with E-state index in [0.717, 1.165) is 36.4 Å². The van der Waals surface area contributed by atoms with Gasteiger partial charge in [0.2, 0.25) is 0 Å². The third-order valence-corrected chi connectivity index (χ3v) is 4.79. The Labute approximate surface area is 112 Å². The van der Waals surface area contributed by atoms with E-state index in [0.29, 0.717) is 18.8 Å². The Morgan fingerprint density at radius 3 is 2.61 bits per heavy atom. The molecule has 0 N–H and O–H groups in total. The smallest absolute Gasteiger partial charge is 0.177 e. The molecule has 2 bridgehead atoms. The van der Waals surface area contributed by atoms with Gasteiger partial charge in [0.15, 0.2) is 5.78 Å². The fourth-order valence-corrected chi connectivity index (χ4v) is 3.97. The lowest BCUT2D eigenvalue weighted by molar-refractivity contribution is -0.0355. The van der Waals surface area contributed by atoms with Gasteiger partial charge in [0.1, 0.15) is 0 Å². The molecule has 2 fully saturated rings. The van der Waals surface area contributed by atoms with E-state index >= 15 is 0 Å². The zero-order chi connectivity index (χ0) is 12.7. The lowest BCUT2D eigenvalue weighted by atomic mass is 10.1. The molecule has 0 saturated carbocycles. The van der Waals surface area contributed by atoms with Gasteiger partial charge in [0, 0.05) is 28.4 Å². The molecule has 0 radical (unpaired) electrons. The van der Waals surface area contributed by atoms with E-state index in [4.69, 9.17) is 4.74 Å². The summed E-state index contributed by atoms with van der Waals surface area (Å²) in [5.41, 5.74) is 0.913. The highest BCUT2D eigenvalue weighted by Gasteiger charge is 2.34. The van der Waals surface area contributed by atoms with Crippen LogP contribution in [-0.4, -0.2) is 42.5 Å². The van der Waals surface area contributed by atoms with Crippen molar-refractivity contribution in [3.05, 3.63) is 21.4 Å². The first-order chi connectivity index (χ1) is 8.61. The van der Waals surface area contributed by atoms with Crippen LogP contribution in [0, 0.1) is 13.8 Å². The zero-order valence-electron chi connectivity index (χ0n) is 10.9. The van der Waals surface area contributed by atoms with Crippen LogP contribution < -0.4 is 0 Å². The molecule has 2 aliphatic rings. The van der Waals surface area contributed by atoms with Crippen LogP contribution >= 0.6 is 11.3 Å². The average molecular weight is 265 g/mol. The number of ether oxygens (including phenoxy) is 1. The number of Topliss-reactive ketones (excluding diaryl/α,β-unsaturated/α-hetero) is 1. The highest BCUT2D eigenvalue weighted by molar-refractivity contribution is 7.12. The van der Waals surface area contributed by atoms with Crippen LogP contribution in [0.5, 0.6) is 0 Å². The Morgan fingerprint density at radius 2 is 2.06 bits per heavy atom. The predicted molar refractivity (Wildman–Crippen MR) is 72.5 cm³/mol. The molecule has 4 heteroatoms. The standard InChI is InChI=1S/C14H19NO2S/c1-9-5-13(10(2)18-9)14(16)8-15-6-11-3-4-12(7-15)17-11/h5,11-12H,3-4,6-8H2,1-2H3. The third-order valence-electron chi connectivity index (χ3n) is 3.83. The highest BCUT2D eigenvalue weighted by atomic mass is 32.1. The minimum absolute atomic E-state index is 0.262. The Hall–Kier alpha value is -0.710. The van der Waals surface area contributed by atoms with Gasteiger partial charge in [0.05, 0.1) is 18.8 Å². The van der Waals surface area contributed by atoms with Crippen LogP contribution in [0.15, 0.2) is 6.07 Å². The van der Waals surface area contributed by atoms with Crippen molar-refractivity contribution in [2.24, 2.45) is 0 Å². The summed E-state index contributed by atoms with van der Waals surface area (Å²) in [6, 6.07) is 2.03. The van der Waals surface area contributed by atoms with Crippen LogP contribution in [0.25, 0.3) is 0 Å². The SMILES string of the molecule is Cc1cc(C(=O)CN2CC3CCC(C2)O3)c(C)s1. The van der Waals surface area contributed by atoms with E-state index in [-0.39, 0.29) is 5.78 Å². The summed E-state index contributed by atoms with van der Waals surface area (Å²) in [5.74, 6) is 0.262. The second kappa shape index (κ2) is 4.76. The molecule has 0 aromatic carbocycles. The molecule has 98 valence electrons. The van der Waals surface area contributed by atoms with Gasteiger partial charge in [0.25, 0.3) is 0 Å². The van der Waals surface area contributed by atoms with Crippen molar-refractivity contribution in [3.63, 3.8) is 0 Å². The monoisotopic (exact) mass is 265 g/mol. The predicted octanol–water partition coefficient (Wildman–Crippen LogP) is 2.41. The summed E-state index contributed by atoms with van der Waals surface area (Å²) >= 11 is 1.71. The summed E-state index contributed by atoms with van der Waals surface area (Å²) in [7, 11) is 0. The fourth-order valence-electron chi connectivity index (χ4n) is 3.02. The van der Waals surface area contributed by atoms with Crippen molar-refractivity contribution in [1.82, 2.24) is 4.90 Å². The van der Waals surface area contributed by atoms with Crippen LogP contribution in [0.1, 0.15) is 33.0 Å². The lowest BCUT2D eigenvalue weighted by Crippen LogP contribution is -2.44. The number of hydrogen-bond acceptors (Lipinski definition) is 4. The molecule has 2 aliphatic heterocycles. The second-order valence-corrected chi connectivity index (χ2v) is 6.86. The summed E-state index contributed by atoms with van der Waals surface area (Å²) in [4.78, 5) is 16.9. The molecule has 0 amide bonds. The normalized spacial score (nSPS) is 27.7. The first kappa shape index (κ1) is 12.3. The molecule has 3 rings (SSSR count). The van der Waals surface area contributed by atoms with E-state index in [1.165, 1.54) is 4.88 Å². The lowest BCUT2D eigenvalue weighted by Gasteiger charge is -2.31. The van der Waals surface area contributed by atoms with Crippen molar-refractivity contribution < 1.29 is 9.53 Å². The van der Waals surface area contributed by atoms with Crippen LogP contribution in [0.2, 0.25) is 0 Å². The maximum atomic E-state index is 12.3. The van der Waals surface area contributed by atoms with E-state index in [1.54, 1.807) is 11.3 Å². The number of likely N-dealkylation sites (tertiary alicyclic amines) is 1. The molecular weight excluding hydrogens is 246 g/mol. The van der Waals surface area contributed by atoms with Gasteiger partial charge in [-0.25, -0.2) is 0 Å². The van der Waals surface area contributed by atoms with Gasteiger partial charge in [-0.05, 0) is 32.8 Å². The van der Waals surface area contributed by atoms with Gasteiger partial charge in [-0.15, -0.1) is 11.3 Å². The van der Waals surface area contributed by atoms with Gasteiger partial charge in [-0.3, -0.25) is 9.69 Å². The average Bonchev–Trinajstić information content (AvgIpc) is 2.81. The molecule has 2 atom stereocenters. The molecule has 2 saturated heterocycles. The number of thiophene rings is 1. The van der Waals surface area contributed by atoms with Gasteiger partial charge in [-0.2, -0.15) is 0 Å². The van der Waals surface area contributed by atoms with E-state index in [2.05, 4.69) is 11.8 Å². The van der Waals surface area contributed by atoms with Crippen molar-refractivity contribution in [2.45, 2.75) is 38.9 Å². The zero-order valence-corrected chi connectivity index (χ0v) is 11.8. The summed E-state index contributed by atoms with van der Waals surface area (Å²) < 4.78 is 5.79. The van der Waals surface area contributed by atoms with Crippen molar-refractivity contribution in [1.29, 1.82) is 0 Å². The Kier molecular flexibility index (Phi) is 3.26. The minimum Gasteiger partial charge on any atom is -0.372 e.